The Morgan fingerprint density at radius 3 is 2.48 bits per heavy atom. The van der Waals surface area contributed by atoms with E-state index >= 15 is 0 Å². The number of hydrogen-bond donors (Lipinski definition) is 0. The van der Waals surface area contributed by atoms with Crippen LogP contribution in [0.1, 0.15) is 85.5 Å². The second kappa shape index (κ2) is 5.92. The summed E-state index contributed by atoms with van der Waals surface area (Å²) in [6.07, 6.45) is 16.3. The number of hydrogen-bond acceptors (Lipinski definition) is 0. The molecule has 0 bridgehead atoms. The van der Waals surface area contributed by atoms with Gasteiger partial charge >= 0.3 is 0 Å². The van der Waals surface area contributed by atoms with E-state index in [0.717, 1.165) is 41.4 Å². The Balaban J connectivity index is 1.56. The summed E-state index contributed by atoms with van der Waals surface area (Å²) in [5.74, 6) is 7.33. The van der Waals surface area contributed by atoms with Crippen molar-refractivity contribution in [1.82, 2.24) is 0 Å². The zero-order chi connectivity index (χ0) is 16.2. The molecule has 0 spiro atoms. The first kappa shape index (κ1) is 16.2. The third kappa shape index (κ3) is 2.46. The van der Waals surface area contributed by atoms with Crippen LogP contribution in [-0.2, 0) is 0 Å². The second-order valence-electron chi connectivity index (χ2n) is 10.1. The summed E-state index contributed by atoms with van der Waals surface area (Å²) >= 11 is 0. The van der Waals surface area contributed by atoms with E-state index in [4.69, 9.17) is 0 Å². The van der Waals surface area contributed by atoms with Gasteiger partial charge in [0.15, 0.2) is 0 Å². The van der Waals surface area contributed by atoms with E-state index in [1.807, 2.05) is 0 Å². The lowest BCUT2D eigenvalue weighted by Gasteiger charge is -2.56. The summed E-state index contributed by atoms with van der Waals surface area (Å²) in [5.41, 5.74) is 2.32. The van der Waals surface area contributed by atoms with E-state index in [0.29, 0.717) is 5.41 Å². The van der Waals surface area contributed by atoms with E-state index in [9.17, 15) is 0 Å². The summed E-state index contributed by atoms with van der Waals surface area (Å²) in [6.45, 7) is 9.84. The first-order valence-corrected chi connectivity index (χ1v) is 10.7. The number of fused-ring (bicyclic) bond motifs is 5. The van der Waals surface area contributed by atoms with Crippen LogP contribution in [0.25, 0.3) is 0 Å². The van der Waals surface area contributed by atoms with Crippen LogP contribution in [-0.4, -0.2) is 0 Å². The molecule has 0 heteroatoms. The van der Waals surface area contributed by atoms with Gasteiger partial charge in [-0.25, -0.2) is 0 Å². The third-order valence-electron chi connectivity index (χ3n) is 9.22. The van der Waals surface area contributed by atoms with Crippen LogP contribution in [0.15, 0.2) is 11.6 Å². The monoisotopic (exact) mass is 314 g/mol. The largest absolute Gasteiger partial charge is 0.0884 e. The fourth-order valence-corrected chi connectivity index (χ4v) is 8.04. The topological polar surface area (TPSA) is 0 Å². The second-order valence-corrected chi connectivity index (χ2v) is 10.1. The van der Waals surface area contributed by atoms with Gasteiger partial charge in [-0.05, 0) is 112 Å². The van der Waals surface area contributed by atoms with Gasteiger partial charge in [-0.3, -0.25) is 0 Å². The Bertz CT molecular complexity index is 474. The standard InChI is InChI=1S/C23H38/c1-5-16(3)21-10-11-22-20-9-7-17-14-15(2)6-8-18(17)19(20)12-13-23(21,22)4/h5,15,17-22H,6-14H2,1-4H3/b16-5+/t15-,17?,18-,19+,20?,21?,22-,23+/m0/s1. The van der Waals surface area contributed by atoms with Crippen LogP contribution in [0.3, 0.4) is 0 Å². The van der Waals surface area contributed by atoms with Crippen molar-refractivity contribution in [3.63, 3.8) is 0 Å². The molecule has 0 saturated heterocycles. The molecule has 4 aliphatic rings. The summed E-state index contributed by atoms with van der Waals surface area (Å²) in [6, 6.07) is 0. The molecule has 23 heavy (non-hydrogen) atoms. The fraction of sp³-hybridized carbons (Fsp3) is 0.913. The van der Waals surface area contributed by atoms with Gasteiger partial charge in [0.2, 0.25) is 0 Å². The van der Waals surface area contributed by atoms with E-state index in [1.165, 1.54) is 25.7 Å². The molecular weight excluding hydrogens is 276 g/mol. The maximum Gasteiger partial charge on any atom is -0.0149 e. The van der Waals surface area contributed by atoms with Gasteiger partial charge < -0.3 is 0 Å². The lowest BCUT2D eigenvalue weighted by molar-refractivity contribution is -0.0633. The highest BCUT2D eigenvalue weighted by molar-refractivity contribution is 5.15. The van der Waals surface area contributed by atoms with E-state index in [1.54, 1.807) is 37.7 Å². The molecule has 4 aliphatic carbocycles. The molecule has 8 atom stereocenters. The normalized spacial score (nSPS) is 53.4. The van der Waals surface area contributed by atoms with Gasteiger partial charge in [-0.15, -0.1) is 0 Å². The lowest BCUT2D eigenvalue weighted by Crippen LogP contribution is -2.48. The maximum atomic E-state index is 2.67. The van der Waals surface area contributed by atoms with Gasteiger partial charge in [0.25, 0.3) is 0 Å². The predicted molar refractivity (Wildman–Crippen MR) is 99.2 cm³/mol. The van der Waals surface area contributed by atoms with Crippen LogP contribution in [0.4, 0.5) is 0 Å². The highest BCUT2D eigenvalue weighted by atomic mass is 14.6. The van der Waals surface area contributed by atoms with Crippen molar-refractivity contribution in [3.05, 3.63) is 11.6 Å². The van der Waals surface area contributed by atoms with Crippen molar-refractivity contribution in [1.29, 1.82) is 0 Å². The van der Waals surface area contributed by atoms with Crippen molar-refractivity contribution in [2.75, 3.05) is 0 Å². The minimum Gasteiger partial charge on any atom is -0.0884 e. The Morgan fingerprint density at radius 2 is 1.70 bits per heavy atom. The highest BCUT2D eigenvalue weighted by Crippen LogP contribution is 2.65. The summed E-state index contributed by atoms with van der Waals surface area (Å²) in [5, 5.41) is 0. The van der Waals surface area contributed by atoms with E-state index in [-0.39, 0.29) is 0 Å². The highest BCUT2D eigenvalue weighted by Gasteiger charge is 2.56. The van der Waals surface area contributed by atoms with Crippen molar-refractivity contribution >= 4 is 0 Å². The quantitative estimate of drug-likeness (QED) is 0.464. The molecule has 4 fully saturated rings. The first-order valence-electron chi connectivity index (χ1n) is 10.7. The molecule has 0 amide bonds. The van der Waals surface area contributed by atoms with E-state index in [2.05, 4.69) is 33.8 Å². The van der Waals surface area contributed by atoms with Gasteiger partial charge in [0, 0.05) is 0 Å². The summed E-state index contributed by atoms with van der Waals surface area (Å²) in [4.78, 5) is 0. The molecule has 130 valence electrons. The Hall–Kier alpha value is -0.260. The van der Waals surface area contributed by atoms with Gasteiger partial charge in [0.1, 0.15) is 0 Å². The van der Waals surface area contributed by atoms with Crippen LogP contribution in [0.5, 0.6) is 0 Å². The van der Waals surface area contributed by atoms with E-state index < -0.39 is 0 Å². The van der Waals surface area contributed by atoms with Crippen molar-refractivity contribution in [2.45, 2.75) is 85.5 Å². The molecule has 4 saturated carbocycles. The zero-order valence-corrected chi connectivity index (χ0v) is 16.0. The zero-order valence-electron chi connectivity index (χ0n) is 16.0. The fourth-order valence-electron chi connectivity index (χ4n) is 8.04. The summed E-state index contributed by atoms with van der Waals surface area (Å²) < 4.78 is 0. The lowest BCUT2D eigenvalue weighted by atomic mass is 9.49. The van der Waals surface area contributed by atoms with Gasteiger partial charge in [0.05, 0.1) is 0 Å². The molecule has 0 aromatic rings. The van der Waals surface area contributed by atoms with Gasteiger partial charge in [-0.2, -0.15) is 0 Å². The average Bonchev–Trinajstić information content (AvgIpc) is 2.90. The van der Waals surface area contributed by atoms with Gasteiger partial charge in [-0.1, -0.05) is 31.9 Å². The molecule has 0 radical (unpaired) electrons. The van der Waals surface area contributed by atoms with Crippen LogP contribution >= 0.6 is 0 Å². The Labute approximate surface area is 144 Å². The van der Waals surface area contributed by atoms with Crippen molar-refractivity contribution < 1.29 is 0 Å². The maximum absolute atomic E-state index is 2.67. The summed E-state index contributed by atoms with van der Waals surface area (Å²) in [7, 11) is 0. The molecule has 0 aliphatic heterocycles. The Kier molecular flexibility index (Phi) is 4.18. The molecule has 0 N–H and O–H groups in total. The van der Waals surface area contributed by atoms with Crippen LogP contribution in [0, 0.1) is 46.8 Å². The predicted octanol–water partition coefficient (Wildman–Crippen LogP) is 6.86. The Morgan fingerprint density at radius 1 is 0.913 bits per heavy atom. The molecule has 0 aromatic heterocycles. The van der Waals surface area contributed by atoms with Crippen LogP contribution < -0.4 is 0 Å². The minimum absolute atomic E-state index is 0.632. The SMILES string of the molecule is C/C=C(\C)C1CC[C@H]2C3CCC4C[C@@H](C)CC[C@@H]4[C@H]3CC[C@]12C. The first-order chi connectivity index (χ1) is 11.0. The molecule has 3 unspecified atom stereocenters. The average molecular weight is 315 g/mol. The molecule has 4 rings (SSSR count). The minimum atomic E-state index is 0.632. The molecule has 0 aromatic carbocycles. The third-order valence-corrected chi connectivity index (χ3v) is 9.22. The molecule has 0 heterocycles. The molecular formula is C23H38. The molecule has 0 nitrogen and oxygen atoms in total. The number of allylic oxidation sites excluding steroid dienone is 2. The van der Waals surface area contributed by atoms with Crippen molar-refractivity contribution in [2.24, 2.45) is 46.8 Å². The van der Waals surface area contributed by atoms with Crippen molar-refractivity contribution in [3.8, 4) is 0 Å². The van der Waals surface area contributed by atoms with Crippen LogP contribution in [0.2, 0.25) is 0 Å². The number of rotatable bonds is 1. The smallest absolute Gasteiger partial charge is 0.0149 e.